The third-order valence-electron chi connectivity index (χ3n) is 2.44. The second kappa shape index (κ2) is 3.24. The molecule has 4 heteroatoms. The van der Waals surface area contributed by atoms with Gasteiger partial charge in [-0.2, -0.15) is 13.2 Å². The van der Waals surface area contributed by atoms with Gasteiger partial charge in [0, 0.05) is 6.54 Å². The van der Waals surface area contributed by atoms with Crippen molar-refractivity contribution in [2.24, 2.45) is 11.8 Å². The highest BCUT2D eigenvalue weighted by atomic mass is 19.4. The molecule has 0 heterocycles. The van der Waals surface area contributed by atoms with Gasteiger partial charge in [-0.15, -0.1) is 0 Å². The Bertz CT molecular complexity index is 153. The summed E-state index contributed by atoms with van der Waals surface area (Å²) in [5.41, 5.74) is 0. The van der Waals surface area contributed by atoms with Crippen molar-refractivity contribution in [2.75, 3.05) is 20.6 Å². The molecule has 1 fully saturated rings. The largest absolute Gasteiger partial charge is 0.392 e. The maximum atomic E-state index is 12.2. The zero-order valence-corrected chi connectivity index (χ0v) is 7.36. The van der Waals surface area contributed by atoms with Crippen molar-refractivity contribution in [2.45, 2.75) is 19.0 Å². The Morgan fingerprint density at radius 2 is 1.83 bits per heavy atom. The number of halogens is 3. The molecule has 1 rings (SSSR count). The average molecular weight is 181 g/mol. The molecule has 0 amide bonds. The highest BCUT2D eigenvalue weighted by molar-refractivity contribution is 4.86. The Balaban J connectivity index is 2.39. The minimum absolute atomic E-state index is 0.167. The average Bonchev–Trinajstić information content (AvgIpc) is 1.75. The van der Waals surface area contributed by atoms with Crippen LogP contribution < -0.4 is 0 Å². The molecule has 2 atom stereocenters. The van der Waals surface area contributed by atoms with E-state index in [1.807, 2.05) is 19.0 Å². The van der Waals surface area contributed by atoms with E-state index in [2.05, 4.69) is 0 Å². The minimum Gasteiger partial charge on any atom is -0.309 e. The van der Waals surface area contributed by atoms with Gasteiger partial charge in [-0.1, -0.05) is 0 Å². The van der Waals surface area contributed by atoms with Crippen LogP contribution in [-0.2, 0) is 0 Å². The zero-order chi connectivity index (χ0) is 9.35. The molecule has 1 aliphatic rings. The van der Waals surface area contributed by atoms with E-state index in [1.165, 1.54) is 0 Å². The van der Waals surface area contributed by atoms with E-state index in [9.17, 15) is 13.2 Å². The molecule has 0 aromatic carbocycles. The van der Waals surface area contributed by atoms with Crippen LogP contribution in [0.15, 0.2) is 0 Å². The molecule has 0 bridgehead atoms. The van der Waals surface area contributed by atoms with Gasteiger partial charge in [0.25, 0.3) is 0 Å². The lowest BCUT2D eigenvalue weighted by atomic mass is 9.73. The predicted molar refractivity (Wildman–Crippen MR) is 40.8 cm³/mol. The highest BCUT2D eigenvalue weighted by Crippen LogP contribution is 2.45. The van der Waals surface area contributed by atoms with Crippen LogP contribution in [0.1, 0.15) is 12.8 Å². The van der Waals surface area contributed by atoms with E-state index in [-0.39, 0.29) is 5.92 Å². The van der Waals surface area contributed by atoms with Crippen molar-refractivity contribution in [3.05, 3.63) is 0 Å². The molecule has 1 nitrogen and oxygen atoms in total. The Kier molecular flexibility index (Phi) is 2.66. The molecule has 72 valence electrons. The fourth-order valence-corrected chi connectivity index (χ4v) is 1.69. The molecule has 2 unspecified atom stereocenters. The third kappa shape index (κ3) is 2.12. The van der Waals surface area contributed by atoms with Crippen molar-refractivity contribution in [3.8, 4) is 0 Å². The Morgan fingerprint density at radius 1 is 1.25 bits per heavy atom. The summed E-state index contributed by atoms with van der Waals surface area (Å²) < 4.78 is 36.5. The molecule has 0 N–H and O–H groups in total. The van der Waals surface area contributed by atoms with E-state index in [0.717, 1.165) is 6.42 Å². The summed E-state index contributed by atoms with van der Waals surface area (Å²) >= 11 is 0. The summed E-state index contributed by atoms with van der Waals surface area (Å²) in [5.74, 6) is -1.21. The second-order valence-corrected chi connectivity index (χ2v) is 3.75. The van der Waals surface area contributed by atoms with Crippen LogP contribution in [-0.4, -0.2) is 31.7 Å². The molecule has 0 saturated heterocycles. The van der Waals surface area contributed by atoms with Crippen LogP contribution in [0.4, 0.5) is 13.2 Å². The third-order valence-corrected chi connectivity index (χ3v) is 2.44. The van der Waals surface area contributed by atoms with Gasteiger partial charge in [0.2, 0.25) is 0 Å². The lowest BCUT2D eigenvalue weighted by Gasteiger charge is -2.39. The topological polar surface area (TPSA) is 3.24 Å². The van der Waals surface area contributed by atoms with Crippen molar-refractivity contribution in [1.29, 1.82) is 0 Å². The molecule has 1 aliphatic carbocycles. The molecule has 0 aliphatic heterocycles. The fourth-order valence-electron chi connectivity index (χ4n) is 1.69. The van der Waals surface area contributed by atoms with E-state index in [1.54, 1.807) is 0 Å². The molecule has 0 radical (unpaired) electrons. The van der Waals surface area contributed by atoms with Crippen LogP contribution in [0.2, 0.25) is 0 Å². The van der Waals surface area contributed by atoms with Gasteiger partial charge in [-0.25, -0.2) is 0 Å². The van der Waals surface area contributed by atoms with Gasteiger partial charge in [0.1, 0.15) is 0 Å². The van der Waals surface area contributed by atoms with Crippen LogP contribution in [0.5, 0.6) is 0 Å². The zero-order valence-electron chi connectivity index (χ0n) is 7.36. The summed E-state index contributed by atoms with van der Waals surface area (Å²) in [7, 11) is 3.62. The first-order valence-corrected chi connectivity index (χ1v) is 4.12. The molecule has 12 heavy (non-hydrogen) atoms. The maximum Gasteiger partial charge on any atom is 0.392 e. The van der Waals surface area contributed by atoms with Crippen molar-refractivity contribution in [1.82, 2.24) is 4.90 Å². The standard InChI is InChI=1S/C8H14F3N/c1-12(2)5-6-3-4-7(6)8(9,10)11/h6-7H,3-5H2,1-2H3. The van der Waals surface area contributed by atoms with Gasteiger partial charge in [-0.05, 0) is 32.9 Å². The lowest BCUT2D eigenvalue weighted by molar-refractivity contribution is -0.214. The first-order chi connectivity index (χ1) is 5.41. The van der Waals surface area contributed by atoms with Crippen LogP contribution in [0, 0.1) is 11.8 Å². The van der Waals surface area contributed by atoms with E-state index in [0.29, 0.717) is 13.0 Å². The summed E-state index contributed by atoms with van der Waals surface area (Å²) in [6, 6.07) is 0. The summed E-state index contributed by atoms with van der Waals surface area (Å²) in [6.45, 7) is 0.560. The van der Waals surface area contributed by atoms with Crippen molar-refractivity contribution < 1.29 is 13.2 Å². The molecular formula is C8H14F3N. The molecule has 1 saturated carbocycles. The van der Waals surface area contributed by atoms with Crippen molar-refractivity contribution >= 4 is 0 Å². The Labute approximate surface area is 70.5 Å². The highest BCUT2D eigenvalue weighted by Gasteiger charge is 2.49. The summed E-state index contributed by atoms with van der Waals surface area (Å²) in [4.78, 5) is 1.82. The van der Waals surface area contributed by atoms with Gasteiger partial charge in [0.15, 0.2) is 0 Å². The second-order valence-electron chi connectivity index (χ2n) is 3.75. The maximum absolute atomic E-state index is 12.2. The Morgan fingerprint density at radius 3 is 2.08 bits per heavy atom. The smallest absolute Gasteiger partial charge is 0.309 e. The first kappa shape index (κ1) is 9.84. The summed E-state index contributed by atoms with van der Waals surface area (Å²) in [5, 5.41) is 0. The van der Waals surface area contributed by atoms with E-state index < -0.39 is 12.1 Å². The van der Waals surface area contributed by atoms with Gasteiger partial charge < -0.3 is 4.90 Å². The lowest BCUT2D eigenvalue weighted by Crippen LogP contribution is -2.42. The quantitative estimate of drug-likeness (QED) is 0.630. The molecule has 0 spiro atoms. The predicted octanol–water partition coefficient (Wildman–Crippen LogP) is 2.14. The number of alkyl halides is 3. The van der Waals surface area contributed by atoms with Gasteiger partial charge in [0.05, 0.1) is 5.92 Å². The monoisotopic (exact) mass is 181 g/mol. The fraction of sp³-hybridized carbons (Fsp3) is 1.00. The van der Waals surface area contributed by atoms with Gasteiger partial charge >= 0.3 is 6.18 Å². The SMILES string of the molecule is CN(C)CC1CCC1C(F)(F)F. The van der Waals surface area contributed by atoms with Crippen LogP contribution in [0.3, 0.4) is 0 Å². The van der Waals surface area contributed by atoms with Crippen LogP contribution >= 0.6 is 0 Å². The van der Waals surface area contributed by atoms with Gasteiger partial charge in [-0.3, -0.25) is 0 Å². The molecule has 0 aromatic rings. The first-order valence-electron chi connectivity index (χ1n) is 4.12. The molecule has 0 aromatic heterocycles. The van der Waals surface area contributed by atoms with Crippen molar-refractivity contribution in [3.63, 3.8) is 0 Å². The minimum atomic E-state index is -3.97. The number of rotatable bonds is 2. The summed E-state index contributed by atoms with van der Waals surface area (Å²) in [6.07, 6.45) is -2.93. The number of hydrogen-bond acceptors (Lipinski definition) is 1. The number of hydrogen-bond donors (Lipinski definition) is 0. The van der Waals surface area contributed by atoms with E-state index >= 15 is 0 Å². The van der Waals surface area contributed by atoms with Crippen LogP contribution in [0.25, 0.3) is 0 Å². The van der Waals surface area contributed by atoms with E-state index in [4.69, 9.17) is 0 Å². The molecular weight excluding hydrogens is 167 g/mol. The normalized spacial score (nSPS) is 30.5. The number of nitrogens with zero attached hydrogens (tertiary/aromatic N) is 1. The Hall–Kier alpha value is -0.250.